The van der Waals surface area contributed by atoms with E-state index in [1.165, 1.54) is 6.07 Å². The van der Waals surface area contributed by atoms with Crippen LogP contribution < -0.4 is 4.74 Å². The van der Waals surface area contributed by atoms with E-state index < -0.39 is 11.9 Å². The number of benzene rings is 2. The fraction of sp³-hybridized carbons (Fsp3) is 0.300. The minimum Gasteiger partial charge on any atom is -0.462 e. The molecule has 2 aromatic rings. The van der Waals surface area contributed by atoms with E-state index in [4.69, 9.17) is 9.47 Å². The average molecular weight is 326 g/mol. The van der Waals surface area contributed by atoms with Gasteiger partial charge < -0.3 is 9.47 Å². The van der Waals surface area contributed by atoms with Crippen molar-refractivity contribution in [1.82, 2.24) is 0 Å². The van der Waals surface area contributed by atoms with Gasteiger partial charge in [-0.1, -0.05) is 31.5 Å². The van der Waals surface area contributed by atoms with Crippen molar-refractivity contribution in [2.75, 3.05) is 6.61 Å². The van der Waals surface area contributed by atoms with Gasteiger partial charge in [0, 0.05) is 0 Å². The maximum absolute atomic E-state index is 12.3. The van der Waals surface area contributed by atoms with Crippen LogP contribution in [0.15, 0.2) is 42.5 Å². The van der Waals surface area contributed by atoms with Crippen LogP contribution in [-0.4, -0.2) is 18.5 Å². The molecule has 0 fully saturated rings. The predicted molar refractivity (Wildman–Crippen MR) is 92.5 cm³/mol. The van der Waals surface area contributed by atoms with Crippen molar-refractivity contribution >= 4 is 11.9 Å². The van der Waals surface area contributed by atoms with Gasteiger partial charge in [-0.3, -0.25) is 0 Å². The molecule has 0 saturated carbocycles. The molecule has 126 valence electrons. The molecule has 0 aliphatic heterocycles. The van der Waals surface area contributed by atoms with E-state index >= 15 is 0 Å². The van der Waals surface area contributed by atoms with Crippen molar-refractivity contribution in [3.05, 3.63) is 64.7 Å². The van der Waals surface area contributed by atoms with E-state index in [2.05, 4.69) is 0 Å². The van der Waals surface area contributed by atoms with Gasteiger partial charge in [-0.2, -0.15) is 0 Å². The van der Waals surface area contributed by atoms with Gasteiger partial charge in [0.05, 0.1) is 17.7 Å². The number of unbranched alkanes of at least 4 members (excludes halogenated alkanes) is 1. The summed E-state index contributed by atoms with van der Waals surface area (Å²) >= 11 is 0. The molecule has 0 aliphatic carbocycles. The highest BCUT2D eigenvalue weighted by molar-refractivity contribution is 5.96. The quantitative estimate of drug-likeness (QED) is 0.446. The van der Waals surface area contributed by atoms with Crippen LogP contribution in [0, 0.1) is 13.8 Å². The Morgan fingerprint density at radius 2 is 1.67 bits per heavy atom. The van der Waals surface area contributed by atoms with Crippen molar-refractivity contribution in [3.63, 3.8) is 0 Å². The second-order valence-electron chi connectivity index (χ2n) is 5.73. The molecule has 2 aromatic carbocycles. The molecule has 0 unspecified atom stereocenters. The van der Waals surface area contributed by atoms with E-state index in [9.17, 15) is 9.59 Å². The van der Waals surface area contributed by atoms with Crippen LogP contribution in [0.1, 0.15) is 51.6 Å². The van der Waals surface area contributed by atoms with Crippen LogP contribution in [0.5, 0.6) is 5.75 Å². The lowest BCUT2D eigenvalue weighted by Gasteiger charge is -2.09. The van der Waals surface area contributed by atoms with Gasteiger partial charge in [-0.15, -0.1) is 0 Å². The summed E-state index contributed by atoms with van der Waals surface area (Å²) in [6.45, 7) is 6.22. The Labute approximate surface area is 142 Å². The van der Waals surface area contributed by atoms with Crippen LogP contribution in [0.3, 0.4) is 0 Å². The molecule has 0 spiro atoms. The number of aryl methyl sites for hydroxylation is 2. The molecule has 0 aromatic heterocycles. The lowest BCUT2D eigenvalue weighted by Crippen LogP contribution is -2.12. The van der Waals surface area contributed by atoms with E-state index in [-0.39, 0.29) is 0 Å². The largest absolute Gasteiger partial charge is 0.462 e. The molecule has 0 radical (unpaired) electrons. The summed E-state index contributed by atoms with van der Waals surface area (Å²) < 4.78 is 10.6. The SMILES string of the molecule is CCCCOC(=O)c1cccc(C(=O)Oc2cc(C)ccc2C)c1. The summed E-state index contributed by atoms with van der Waals surface area (Å²) in [5.74, 6) is -0.396. The Morgan fingerprint density at radius 3 is 2.38 bits per heavy atom. The first-order valence-electron chi connectivity index (χ1n) is 8.08. The topological polar surface area (TPSA) is 52.6 Å². The summed E-state index contributed by atoms with van der Waals surface area (Å²) in [6.07, 6.45) is 1.77. The van der Waals surface area contributed by atoms with Gasteiger partial charge >= 0.3 is 11.9 Å². The lowest BCUT2D eigenvalue weighted by molar-refractivity contribution is 0.0499. The number of rotatable bonds is 6. The minimum atomic E-state index is -0.494. The third-order valence-electron chi connectivity index (χ3n) is 3.61. The van der Waals surface area contributed by atoms with Crippen molar-refractivity contribution in [3.8, 4) is 5.75 Å². The summed E-state index contributed by atoms with van der Waals surface area (Å²) in [7, 11) is 0. The Morgan fingerprint density at radius 1 is 0.958 bits per heavy atom. The number of esters is 2. The first kappa shape index (κ1) is 17.7. The molecule has 4 heteroatoms. The molecule has 0 saturated heterocycles. The van der Waals surface area contributed by atoms with E-state index in [1.54, 1.807) is 18.2 Å². The first-order chi connectivity index (χ1) is 11.5. The van der Waals surface area contributed by atoms with Crippen molar-refractivity contribution in [1.29, 1.82) is 0 Å². The van der Waals surface area contributed by atoms with Crippen molar-refractivity contribution in [2.45, 2.75) is 33.6 Å². The normalized spacial score (nSPS) is 10.3. The third kappa shape index (κ3) is 4.69. The van der Waals surface area contributed by atoms with E-state index in [0.29, 0.717) is 23.5 Å². The smallest absolute Gasteiger partial charge is 0.343 e. The number of carbonyl (C=O) groups excluding carboxylic acids is 2. The monoisotopic (exact) mass is 326 g/mol. The molecule has 2 rings (SSSR count). The molecular weight excluding hydrogens is 304 g/mol. The molecule has 0 aliphatic rings. The van der Waals surface area contributed by atoms with Gasteiger partial charge in [0.2, 0.25) is 0 Å². The molecule has 0 N–H and O–H groups in total. The first-order valence-corrected chi connectivity index (χ1v) is 8.08. The molecule has 4 nitrogen and oxygen atoms in total. The molecule has 0 atom stereocenters. The number of carbonyl (C=O) groups is 2. The Hall–Kier alpha value is -2.62. The van der Waals surface area contributed by atoms with Gasteiger partial charge in [0.25, 0.3) is 0 Å². The summed E-state index contributed by atoms with van der Waals surface area (Å²) in [5.41, 5.74) is 2.56. The van der Waals surface area contributed by atoms with Gasteiger partial charge in [0.15, 0.2) is 0 Å². The Balaban J connectivity index is 2.11. The third-order valence-corrected chi connectivity index (χ3v) is 3.61. The lowest BCUT2D eigenvalue weighted by atomic mass is 10.1. The van der Waals surface area contributed by atoms with Crippen LogP contribution in [0.2, 0.25) is 0 Å². The van der Waals surface area contributed by atoms with Crippen molar-refractivity contribution in [2.24, 2.45) is 0 Å². The minimum absolute atomic E-state index is 0.320. The van der Waals surface area contributed by atoms with Crippen LogP contribution in [-0.2, 0) is 4.74 Å². The summed E-state index contributed by atoms with van der Waals surface area (Å²) in [5, 5.41) is 0. The second-order valence-corrected chi connectivity index (χ2v) is 5.73. The van der Waals surface area contributed by atoms with Gasteiger partial charge in [0.1, 0.15) is 5.75 Å². The van der Waals surface area contributed by atoms with E-state index in [0.717, 1.165) is 24.0 Å². The van der Waals surface area contributed by atoms with Gasteiger partial charge in [-0.05, 0) is 55.7 Å². The molecular formula is C20H22O4. The fourth-order valence-corrected chi connectivity index (χ4v) is 2.14. The van der Waals surface area contributed by atoms with Crippen LogP contribution in [0.25, 0.3) is 0 Å². The summed E-state index contributed by atoms with van der Waals surface area (Å²) in [4.78, 5) is 24.3. The summed E-state index contributed by atoms with van der Waals surface area (Å²) in [6, 6.07) is 12.1. The molecule has 0 heterocycles. The second kappa shape index (κ2) is 8.29. The fourth-order valence-electron chi connectivity index (χ4n) is 2.14. The zero-order valence-electron chi connectivity index (χ0n) is 14.3. The highest BCUT2D eigenvalue weighted by atomic mass is 16.5. The maximum Gasteiger partial charge on any atom is 0.343 e. The molecule has 0 amide bonds. The number of hydrogen-bond acceptors (Lipinski definition) is 4. The Bertz CT molecular complexity index is 734. The number of ether oxygens (including phenoxy) is 2. The zero-order valence-corrected chi connectivity index (χ0v) is 14.3. The van der Waals surface area contributed by atoms with Gasteiger partial charge in [-0.25, -0.2) is 9.59 Å². The average Bonchev–Trinajstić information content (AvgIpc) is 2.58. The highest BCUT2D eigenvalue weighted by Gasteiger charge is 2.14. The highest BCUT2D eigenvalue weighted by Crippen LogP contribution is 2.20. The number of hydrogen-bond donors (Lipinski definition) is 0. The van der Waals surface area contributed by atoms with Crippen LogP contribution in [0.4, 0.5) is 0 Å². The van der Waals surface area contributed by atoms with Crippen LogP contribution >= 0.6 is 0 Å². The molecule has 0 bridgehead atoms. The maximum atomic E-state index is 12.3. The zero-order chi connectivity index (χ0) is 17.5. The molecule has 24 heavy (non-hydrogen) atoms. The predicted octanol–water partition coefficient (Wildman–Crippen LogP) is 4.48. The van der Waals surface area contributed by atoms with E-state index in [1.807, 2.05) is 39.0 Å². The Kier molecular flexibility index (Phi) is 6.13. The standard InChI is InChI=1S/C20H22O4/c1-4-5-11-23-19(21)16-7-6-8-17(13-16)20(22)24-18-12-14(2)9-10-15(18)3/h6-10,12-13H,4-5,11H2,1-3H3. The van der Waals surface area contributed by atoms with Crippen molar-refractivity contribution < 1.29 is 19.1 Å².